The van der Waals surface area contributed by atoms with Crippen molar-refractivity contribution in [3.63, 3.8) is 0 Å². The van der Waals surface area contributed by atoms with Crippen LogP contribution in [0.25, 0.3) is 11.0 Å². The fourth-order valence-corrected chi connectivity index (χ4v) is 3.34. The average Bonchev–Trinajstić information content (AvgIpc) is 2.88. The van der Waals surface area contributed by atoms with Gasteiger partial charge in [-0.1, -0.05) is 29.8 Å². The van der Waals surface area contributed by atoms with Gasteiger partial charge in [-0.25, -0.2) is 4.98 Å². The normalized spacial score (nSPS) is 17.4. The van der Waals surface area contributed by atoms with Crippen LogP contribution in [0.15, 0.2) is 42.7 Å². The molecule has 1 aromatic heterocycles. The Kier molecular flexibility index (Phi) is 2.94. The lowest BCUT2D eigenvalue weighted by Gasteiger charge is -2.26. The number of hydrogen-bond donors (Lipinski definition) is 1. The van der Waals surface area contributed by atoms with Gasteiger partial charge in [0, 0.05) is 24.4 Å². The summed E-state index contributed by atoms with van der Waals surface area (Å²) in [6.07, 6.45) is 2.19. The molecule has 0 saturated carbocycles. The van der Waals surface area contributed by atoms with Crippen LogP contribution in [0.4, 0.5) is 5.69 Å². The van der Waals surface area contributed by atoms with Crippen molar-refractivity contribution in [3.05, 3.63) is 58.9 Å². The lowest BCUT2D eigenvalue weighted by molar-refractivity contribution is -0.116. The molecule has 1 aliphatic heterocycles. The van der Waals surface area contributed by atoms with E-state index in [1.54, 1.807) is 6.33 Å². The lowest BCUT2D eigenvalue weighted by Crippen LogP contribution is -2.23. The third-order valence-electron chi connectivity index (χ3n) is 4.21. The van der Waals surface area contributed by atoms with Crippen molar-refractivity contribution < 1.29 is 4.79 Å². The predicted molar refractivity (Wildman–Crippen MR) is 87.3 cm³/mol. The summed E-state index contributed by atoms with van der Waals surface area (Å²) in [5.41, 5.74) is 4.80. The Labute approximate surface area is 132 Å². The van der Waals surface area contributed by atoms with Crippen molar-refractivity contribution in [2.75, 3.05) is 5.32 Å². The third kappa shape index (κ3) is 1.99. The zero-order valence-electron chi connectivity index (χ0n) is 12.0. The van der Waals surface area contributed by atoms with Gasteiger partial charge in [0.15, 0.2) is 0 Å². The van der Waals surface area contributed by atoms with Gasteiger partial charge in [0.2, 0.25) is 5.91 Å². The molecule has 5 heteroatoms. The quantitative estimate of drug-likeness (QED) is 0.745. The molecule has 0 radical (unpaired) electrons. The molecule has 110 valence electrons. The Balaban J connectivity index is 1.94. The van der Waals surface area contributed by atoms with Gasteiger partial charge in [-0.05, 0) is 29.3 Å². The third-order valence-corrected chi connectivity index (χ3v) is 4.44. The van der Waals surface area contributed by atoms with E-state index in [-0.39, 0.29) is 11.8 Å². The van der Waals surface area contributed by atoms with Crippen molar-refractivity contribution >= 4 is 34.2 Å². The van der Waals surface area contributed by atoms with Gasteiger partial charge < -0.3 is 9.88 Å². The van der Waals surface area contributed by atoms with Crippen molar-refractivity contribution in [2.45, 2.75) is 12.3 Å². The second-order valence-corrected chi connectivity index (χ2v) is 6.05. The molecular weight excluding hydrogens is 298 g/mol. The second-order valence-electron chi connectivity index (χ2n) is 5.61. The van der Waals surface area contributed by atoms with E-state index < -0.39 is 0 Å². The SMILES string of the molecule is Cn1cnc2c3c(ccc21)C(c1cccc(Cl)c1)CC(=O)N3. The molecule has 4 rings (SSSR count). The molecule has 0 aliphatic carbocycles. The molecule has 0 spiro atoms. The van der Waals surface area contributed by atoms with Gasteiger partial charge in [0.1, 0.15) is 5.52 Å². The number of aromatic nitrogens is 2. The summed E-state index contributed by atoms with van der Waals surface area (Å²) in [4.78, 5) is 16.6. The lowest BCUT2D eigenvalue weighted by atomic mass is 9.84. The number of rotatable bonds is 1. The predicted octanol–water partition coefficient (Wildman–Crippen LogP) is 3.70. The molecule has 1 N–H and O–H groups in total. The van der Waals surface area contributed by atoms with E-state index in [2.05, 4.69) is 22.4 Å². The van der Waals surface area contributed by atoms with E-state index in [0.717, 1.165) is 27.8 Å². The zero-order valence-corrected chi connectivity index (χ0v) is 12.8. The molecular formula is C17H14ClN3O. The Morgan fingerprint density at radius 3 is 3.00 bits per heavy atom. The van der Waals surface area contributed by atoms with Gasteiger partial charge >= 0.3 is 0 Å². The number of nitrogens with one attached hydrogen (secondary N) is 1. The highest BCUT2D eigenvalue weighted by atomic mass is 35.5. The van der Waals surface area contributed by atoms with Crippen LogP contribution in [0.2, 0.25) is 5.02 Å². The molecule has 1 unspecified atom stereocenters. The first-order valence-electron chi connectivity index (χ1n) is 7.13. The summed E-state index contributed by atoms with van der Waals surface area (Å²) in [5.74, 6) is 0.0180. The molecule has 1 atom stereocenters. The maximum absolute atomic E-state index is 12.2. The van der Waals surface area contributed by atoms with Crippen LogP contribution in [0.3, 0.4) is 0 Å². The number of anilines is 1. The van der Waals surface area contributed by atoms with Gasteiger partial charge in [-0.15, -0.1) is 0 Å². The Hall–Kier alpha value is -2.33. The molecule has 3 aromatic rings. The minimum absolute atomic E-state index is 0.00820. The maximum Gasteiger partial charge on any atom is 0.225 e. The molecule has 22 heavy (non-hydrogen) atoms. The number of carbonyl (C=O) groups is 1. The number of carbonyl (C=O) groups excluding carboxylic acids is 1. The highest BCUT2D eigenvalue weighted by molar-refractivity contribution is 6.30. The van der Waals surface area contributed by atoms with Gasteiger partial charge in [-0.2, -0.15) is 0 Å². The van der Waals surface area contributed by atoms with Crippen LogP contribution in [0.1, 0.15) is 23.5 Å². The summed E-state index contributed by atoms with van der Waals surface area (Å²) in [5, 5.41) is 3.67. The highest BCUT2D eigenvalue weighted by Crippen LogP contribution is 2.40. The molecule has 0 bridgehead atoms. The summed E-state index contributed by atoms with van der Waals surface area (Å²) in [6, 6.07) is 11.8. The first-order valence-corrected chi connectivity index (χ1v) is 7.50. The monoisotopic (exact) mass is 311 g/mol. The Bertz CT molecular complexity index is 900. The molecule has 0 saturated heterocycles. The number of hydrogen-bond acceptors (Lipinski definition) is 2. The van der Waals surface area contributed by atoms with Crippen LogP contribution in [-0.2, 0) is 11.8 Å². The van der Waals surface area contributed by atoms with Gasteiger partial charge in [-0.3, -0.25) is 4.79 Å². The van der Waals surface area contributed by atoms with Crippen LogP contribution >= 0.6 is 11.6 Å². The minimum atomic E-state index is 0.00820. The van der Waals surface area contributed by atoms with E-state index in [1.165, 1.54) is 0 Å². The van der Waals surface area contributed by atoms with Crippen molar-refractivity contribution in [1.29, 1.82) is 0 Å². The summed E-state index contributed by atoms with van der Waals surface area (Å²) in [7, 11) is 1.95. The zero-order chi connectivity index (χ0) is 15.3. The van der Waals surface area contributed by atoms with Crippen LogP contribution < -0.4 is 5.32 Å². The topological polar surface area (TPSA) is 46.9 Å². The molecule has 2 aromatic carbocycles. The van der Waals surface area contributed by atoms with E-state index in [9.17, 15) is 4.79 Å². The van der Waals surface area contributed by atoms with Gasteiger partial charge in [0.05, 0.1) is 17.5 Å². The van der Waals surface area contributed by atoms with Crippen molar-refractivity contribution in [1.82, 2.24) is 9.55 Å². The van der Waals surface area contributed by atoms with E-state index in [0.29, 0.717) is 11.4 Å². The first-order chi connectivity index (χ1) is 10.6. The Morgan fingerprint density at radius 2 is 2.18 bits per heavy atom. The number of aryl methyl sites for hydroxylation is 1. The molecule has 1 aliphatic rings. The number of halogens is 1. The summed E-state index contributed by atoms with van der Waals surface area (Å²) in [6.45, 7) is 0. The fraction of sp³-hybridized carbons (Fsp3) is 0.176. The number of fused-ring (bicyclic) bond motifs is 3. The molecule has 0 fully saturated rings. The van der Waals surface area contributed by atoms with E-state index >= 15 is 0 Å². The summed E-state index contributed by atoms with van der Waals surface area (Å²) < 4.78 is 1.95. The largest absolute Gasteiger partial charge is 0.334 e. The van der Waals surface area contributed by atoms with Crippen LogP contribution in [0.5, 0.6) is 0 Å². The average molecular weight is 312 g/mol. The number of imidazole rings is 1. The van der Waals surface area contributed by atoms with Crippen molar-refractivity contribution in [3.8, 4) is 0 Å². The smallest absolute Gasteiger partial charge is 0.225 e. The fourth-order valence-electron chi connectivity index (χ4n) is 3.15. The number of amides is 1. The van der Waals surface area contributed by atoms with E-state index in [4.69, 9.17) is 11.6 Å². The number of benzene rings is 2. The summed E-state index contributed by atoms with van der Waals surface area (Å²) >= 11 is 6.11. The standard InChI is InChI=1S/C17H14ClN3O/c1-21-9-19-17-14(21)6-5-12-13(8-15(22)20-16(12)17)10-3-2-4-11(18)7-10/h2-7,9,13H,8H2,1H3,(H,20,22). The molecule has 4 nitrogen and oxygen atoms in total. The Morgan fingerprint density at radius 1 is 1.32 bits per heavy atom. The minimum Gasteiger partial charge on any atom is -0.334 e. The van der Waals surface area contributed by atoms with E-state index in [1.807, 2.05) is 35.9 Å². The first kappa shape index (κ1) is 13.3. The molecule has 2 heterocycles. The molecule has 1 amide bonds. The van der Waals surface area contributed by atoms with Crippen molar-refractivity contribution in [2.24, 2.45) is 7.05 Å². The van der Waals surface area contributed by atoms with Gasteiger partial charge in [0.25, 0.3) is 0 Å². The number of nitrogens with zero attached hydrogens (tertiary/aromatic N) is 2. The van der Waals surface area contributed by atoms with Crippen LogP contribution in [-0.4, -0.2) is 15.5 Å². The van der Waals surface area contributed by atoms with Crippen LogP contribution in [0, 0.1) is 0 Å². The maximum atomic E-state index is 12.2. The highest BCUT2D eigenvalue weighted by Gasteiger charge is 2.28. The second kappa shape index (κ2) is 4.85.